The van der Waals surface area contributed by atoms with Crippen LogP contribution in [0.4, 0.5) is 5.69 Å². The Morgan fingerprint density at radius 2 is 1.97 bits per heavy atom. The predicted octanol–water partition coefficient (Wildman–Crippen LogP) is 5.30. The van der Waals surface area contributed by atoms with Crippen LogP contribution in [0.5, 0.6) is 0 Å². The number of rotatable bonds is 10. The van der Waals surface area contributed by atoms with Gasteiger partial charge in [-0.3, -0.25) is 4.79 Å². The summed E-state index contributed by atoms with van der Waals surface area (Å²) >= 11 is 6.24. The summed E-state index contributed by atoms with van der Waals surface area (Å²) in [6.45, 7) is 7.30. The Morgan fingerprint density at radius 3 is 2.66 bits per heavy atom. The van der Waals surface area contributed by atoms with Crippen molar-refractivity contribution in [1.29, 1.82) is 0 Å². The summed E-state index contributed by atoms with van der Waals surface area (Å²) in [6, 6.07) is 5.69. The number of allylic oxidation sites excluding steroid dienone is 3. The molecule has 1 amide bonds. The quantitative estimate of drug-likeness (QED) is 0.489. The average molecular weight is 437 g/mol. The number of carbonyl (C=O) groups is 1. The zero-order valence-electron chi connectivity index (χ0n) is 17.3. The molecule has 5 nitrogen and oxygen atoms in total. The van der Waals surface area contributed by atoms with Crippen LogP contribution in [0, 0.1) is 6.92 Å². The zero-order valence-corrected chi connectivity index (χ0v) is 19.0. The Bertz CT molecular complexity index is 852. The highest BCUT2D eigenvalue weighted by molar-refractivity contribution is 7.64. The third-order valence-corrected chi connectivity index (χ3v) is 7.19. The maximum absolute atomic E-state index is 12.9. The van der Waals surface area contributed by atoms with Crippen LogP contribution in [0.2, 0.25) is 5.02 Å². The molecule has 0 heterocycles. The largest absolute Gasteiger partial charge is 0.358 e. The van der Waals surface area contributed by atoms with E-state index in [0.29, 0.717) is 42.9 Å². The van der Waals surface area contributed by atoms with Crippen molar-refractivity contribution >= 4 is 36.8 Å². The molecule has 0 fully saturated rings. The Kier molecular flexibility index (Phi) is 9.25. The van der Waals surface area contributed by atoms with Crippen molar-refractivity contribution in [3.8, 4) is 0 Å². The second-order valence-corrected chi connectivity index (χ2v) is 9.55. The van der Waals surface area contributed by atoms with Crippen molar-refractivity contribution in [1.82, 2.24) is 5.32 Å². The summed E-state index contributed by atoms with van der Waals surface area (Å²) in [7, 11) is -2.20. The lowest BCUT2D eigenvalue weighted by Gasteiger charge is -2.23. The second kappa shape index (κ2) is 11.4. The molecule has 0 unspecified atom stereocenters. The topological polar surface area (TPSA) is 59.6 Å². The van der Waals surface area contributed by atoms with E-state index in [-0.39, 0.29) is 5.91 Å². The van der Waals surface area contributed by atoms with Gasteiger partial charge in [0.15, 0.2) is 0 Å². The van der Waals surface area contributed by atoms with Crippen LogP contribution < -0.4 is 10.6 Å². The van der Waals surface area contributed by atoms with Crippen molar-refractivity contribution in [2.75, 3.05) is 31.2 Å². The maximum Gasteiger partial charge on any atom is 0.253 e. The normalized spacial score (nSPS) is 14.1. The fourth-order valence-electron chi connectivity index (χ4n) is 2.94. The summed E-state index contributed by atoms with van der Waals surface area (Å²) in [6.07, 6.45) is 12.9. The first kappa shape index (κ1) is 23.5. The minimum absolute atomic E-state index is 0.147. The molecule has 0 spiro atoms. The van der Waals surface area contributed by atoms with Crippen molar-refractivity contribution in [2.45, 2.75) is 27.2 Å². The number of halogens is 1. The molecule has 0 saturated carbocycles. The van der Waals surface area contributed by atoms with Crippen molar-refractivity contribution < 1.29 is 13.8 Å². The molecule has 0 bridgehead atoms. The van der Waals surface area contributed by atoms with Gasteiger partial charge in [-0.15, -0.1) is 0 Å². The van der Waals surface area contributed by atoms with E-state index >= 15 is 0 Å². The number of anilines is 1. The molecular formula is C22H30ClN2O3P. The summed E-state index contributed by atoms with van der Waals surface area (Å²) in [5.41, 5.74) is 3.24. The first-order valence-electron chi connectivity index (χ1n) is 9.78. The third-order valence-electron chi connectivity index (χ3n) is 4.42. The van der Waals surface area contributed by atoms with E-state index in [1.807, 2.05) is 63.3 Å². The molecule has 1 aliphatic rings. The minimum Gasteiger partial charge on any atom is -0.358 e. The lowest BCUT2D eigenvalue weighted by atomic mass is 10.1. The standard InChI is InChI=1S/C22H30ClN2O3P/c1-5-27-29(4,28-6-2)16-15-24-22(26)18-11-8-7-9-13-21(18)25-20-14-10-12-19(23)17(20)3/h7-12,14,25H,4-6,13,15-16H2,1-3H3,(H,24,26). The number of carbonyl (C=O) groups excluding carboxylic acids is 1. The van der Waals surface area contributed by atoms with Gasteiger partial charge in [0, 0.05) is 35.5 Å². The van der Waals surface area contributed by atoms with Crippen LogP contribution in [-0.4, -0.2) is 38.1 Å². The summed E-state index contributed by atoms with van der Waals surface area (Å²) in [5.74, 6) is -0.147. The van der Waals surface area contributed by atoms with E-state index in [1.54, 1.807) is 0 Å². The number of hydrogen-bond acceptors (Lipinski definition) is 4. The first-order chi connectivity index (χ1) is 13.9. The monoisotopic (exact) mass is 436 g/mol. The molecule has 0 saturated heterocycles. The first-order valence-corrected chi connectivity index (χ1v) is 12.2. The molecule has 0 aromatic heterocycles. The van der Waals surface area contributed by atoms with E-state index in [4.69, 9.17) is 20.6 Å². The van der Waals surface area contributed by atoms with Gasteiger partial charge >= 0.3 is 0 Å². The molecule has 1 aliphatic carbocycles. The van der Waals surface area contributed by atoms with Crippen LogP contribution in [0.1, 0.15) is 25.8 Å². The molecule has 29 heavy (non-hydrogen) atoms. The van der Waals surface area contributed by atoms with Crippen molar-refractivity contribution in [2.24, 2.45) is 0 Å². The lowest BCUT2D eigenvalue weighted by Crippen LogP contribution is -2.29. The van der Waals surface area contributed by atoms with Crippen LogP contribution in [0.3, 0.4) is 0 Å². The maximum atomic E-state index is 12.9. The highest BCUT2D eigenvalue weighted by atomic mass is 35.5. The fraction of sp³-hybridized carbons (Fsp3) is 0.364. The van der Waals surface area contributed by atoms with Gasteiger partial charge in [0.2, 0.25) is 0 Å². The van der Waals surface area contributed by atoms with Crippen LogP contribution in [0.25, 0.3) is 0 Å². The minimum atomic E-state index is -2.20. The van der Waals surface area contributed by atoms with E-state index in [1.165, 1.54) is 0 Å². The van der Waals surface area contributed by atoms with E-state index in [9.17, 15) is 4.79 Å². The van der Waals surface area contributed by atoms with Gasteiger partial charge in [0.1, 0.15) is 7.34 Å². The Labute approximate surface area is 179 Å². The molecule has 1 aromatic carbocycles. The molecular weight excluding hydrogens is 407 g/mol. The molecule has 7 heteroatoms. The van der Waals surface area contributed by atoms with Gasteiger partial charge in [-0.2, -0.15) is 0 Å². The third kappa shape index (κ3) is 6.90. The fourth-order valence-corrected chi connectivity index (χ4v) is 4.84. The zero-order chi connectivity index (χ0) is 21.3. The van der Waals surface area contributed by atoms with Crippen LogP contribution in [-0.2, 0) is 13.8 Å². The Hall–Kier alpha value is -1.78. The molecule has 0 radical (unpaired) electrons. The highest BCUT2D eigenvalue weighted by Gasteiger charge is 2.18. The highest BCUT2D eigenvalue weighted by Crippen LogP contribution is 2.46. The SMILES string of the molecule is C=P(CCNC(=O)C1=C(Nc2cccc(Cl)c2C)CC=CC=C1)(OCC)OCC. The Balaban J connectivity index is 2.13. The predicted molar refractivity (Wildman–Crippen MR) is 125 cm³/mol. The van der Waals surface area contributed by atoms with Gasteiger partial charge < -0.3 is 19.7 Å². The lowest BCUT2D eigenvalue weighted by molar-refractivity contribution is -0.117. The van der Waals surface area contributed by atoms with Crippen LogP contribution in [0.15, 0.2) is 53.8 Å². The number of nitrogens with one attached hydrogen (secondary N) is 2. The van der Waals surface area contributed by atoms with Crippen molar-refractivity contribution in [3.05, 3.63) is 64.4 Å². The summed E-state index contributed by atoms with van der Waals surface area (Å²) in [4.78, 5) is 12.9. The Morgan fingerprint density at radius 1 is 1.24 bits per heavy atom. The van der Waals surface area contributed by atoms with Crippen LogP contribution >= 0.6 is 18.9 Å². The number of hydrogen-bond donors (Lipinski definition) is 2. The van der Waals surface area contributed by atoms with Gasteiger partial charge in [0.25, 0.3) is 5.91 Å². The van der Waals surface area contributed by atoms with Gasteiger partial charge in [-0.05, 0) is 44.5 Å². The second-order valence-electron chi connectivity index (χ2n) is 6.55. The van der Waals surface area contributed by atoms with Gasteiger partial charge in [0.05, 0.1) is 18.8 Å². The van der Waals surface area contributed by atoms with E-state index in [0.717, 1.165) is 16.9 Å². The molecule has 158 valence electrons. The van der Waals surface area contributed by atoms with E-state index < -0.39 is 7.34 Å². The summed E-state index contributed by atoms with van der Waals surface area (Å²) < 4.78 is 11.4. The molecule has 2 N–H and O–H groups in total. The van der Waals surface area contributed by atoms with Gasteiger partial charge in [-0.1, -0.05) is 42.2 Å². The van der Waals surface area contributed by atoms with Crippen molar-refractivity contribution in [3.63, 3.8) is 0 Å². The number of benzene rings is 1. The smallest absolute Gasteiger partial charge is 0.253 e. The molecule has 1 aromatic rings. The molecule has 0 atom stereocenters. The molecule has 2 rings (SSSR count). The summed E-state index contributed by atoms with van der Waals surface area (Å²) in [5, 5.41) is 7.05. The molecule has 0 aliphatic heterocycles. The van der Waals surface area contributed by atoms with E-state index in [2.05, 4.69) is 16.9 Å². The average Bonchev–Trinajstić information content (AvgIpc) is 2.91. The number of amides is 1. The van der Waals surface area contributed by atoms with Gasteiger partial charge in [-0.25, -0.2) is 0 Å².